The molecule has 1 heterocycles. The number of hydrogen-bond donors (Lipinski definition) is 1. The van der Waals surface area contributed by atoms with Crippen molar-refractivity contribution in [2.24, 2.45) is 0 Å². The van der Waals surface area contributed by atoms with E-state index < -0.39 is 11.9 Å². The molecule has 1 fully saturated rings. The molecule has 0 bridgehead atoms. The number of rotatable bonds is 10. The maximum atomic E-state index is 12.8. The molecule has 0 radical (unpaired) electrons. The molecule has 0 unspecified atom stereocenters. The molecular formula is C34H32N3NaO5. The van der Waals surface area contributed by atoms with Crippen LogP contribution in [0.5, 0.6) is 0 Å². The van der Waals surface area contributed by atoms with Crippen LogP contribution in [0.25, 0.3) is 11.1 Å². The van der Waals surface area contributed by atoms with E-state index in [4.69, 9.17) is 4.74 Å². The third-order valence-corrected chi connectivity index (χ3v) is 7.34. The molecule has 0 aliphatic carbocycles. The largest absolute Gasteiger partial charge is 1.00 e. The number of aromatic carboxylic acids is 1. The number of carboxylic acid groups (broad SMARTS) is 1. The number of carbonyl (C=O) groups excluding carboxylic acids is 3. The van der Waals surface area contributed by atoms with Crippen molar-refractivity contribution in [3.8, 4) is 11.1 Å². The summed E-state index contributed by atoms with van der Waals surface area (Å²) in [5.41, 5.74) is 3.91. The number of ether oxygens (including phenoxy) is 1. The van der Waals surface area contributed by atoms with Gasteiger partial charge in [0.05, 0.1) is 12.0 Å². The van der Waals surface area contributed by atoms with Gasteiger partial charge in [-0.2, -0.15) is 0 Å². The predicted octanol–water partition coefficient (Wildman–Crippen LogP) is 0.610. The monoisotopic (exact) mass is 585 g/mol. The summed E-state index contributed by atoms with van der Waals surface area (Å²) in [4.78, 5) is 41.2. The van der Waals surface area contributed by atoms with Gasteiger partial charge in [0, 0.05) is 37.4 Å². The SMILES string of the molecule is O=C(COCC(=O)N1CCN(C(c2ccccc2)c2ccccc2)CC1)Nc1ccc(-c2ccccc2)cc1C(=O)[O-].[Na+]. The van der Waals surface area contributed by atoms with E-state index in [1.807, 2.05) is 66.7 Å². The molecule has 1 aliphatic rings. The van der Waals surface area contributed by atoms with Crippen LogP contribution in [0.2, 0.25) is 0 Å². The molecule has 4 aromatic carbocycles. The summed E-state index contributed by atoms with van der Waals surface area (Å²) < 4.78 is 5.41. The van der Waals surface area contributed by atoms with Gasteiger partial charge in [-0.1, -0.05) is 97.1 Å². The van der Waals surface area contributed by atoms with Crippen LogP contribution in [0.15, 0.2) is 109 Å². The molecule has 0 aromatic heterocycles. The van der Waals surface area contributed by atoms with E-state index in [1.165, 1.54) is 23.3 Å². The first-order valence-electron chi connectivity index (χ1n) is 13.9. The Hall–Kier alpha value is -3.79. The molecule has 1 aliphatic heterocycles. The van der Waals surface area contributed by atoms with Gasteiger partial charge in [0.2, 0.25) is 11.8 Å². The van der Waals surface area contributed by atoms with Crippen molar-refractivity contribution in [3.05, 3.63) is 126 Å². The zero-order valence-corrected chi connectivity index (χ0v) is 26.1. The number of amides is 2. The minimum atomic E-state index is -1.40. The minimum Gasteiger partial charge on any atom is -0.545 e. The van der Waals surface area contributed by atoms with Gasteiger partial charge >= 0.3 is 29.6 Å². The third-order valence-electron chi connectivity index (χ3n) is 7.34. The zero-order chi connectivity index (χ0) is 29.3. The number of anilines is 1. The van der Waals surface area contributed by atoms with E-state index in [0.29, 0.717) is 31.7 Å². The Bertz CT molecular complexity index is 1470. The van der Waals surface area contributed by atoms with E-state index in [0.717, 1.165) is 5.56 Å². The Morgan fingerprint density at radius 1 is 0.721 bits per heavy atom. The first kappa shape index (κ1) is 32.1. The zero-order valence-electron chi connectivity index (χ0n) is 24.1. The molecule has 9 heteroatoms. The summed E-state index contributed by atoms with van der Waals surface area (Å²) in [5, 5.41) is 14.3. The van der Waals surface area contributed by atoms with Crippen LogP contribution in [0, 0.1) is 0 Å². The van der Waals surface area contributed by atoms with Crippen LogP contribution < -0.4 is 40.0 Å². The smallest absolute Gasteiger partial charge is 0.545 e. The van der Waals surface area contributed by atoms with Gasteiger partial charge in [0.25, 0.3) is 0 Å². The van der Waals surface area contributed by atoms with Crippen LogP contribution in [0.4, 0.5) is 5.69 Å². The molecular weight excluding hydrogens is 553 g/mol. The van der Waals surface area contributed by atoms with E-state index in [9.17, 15) is 19.5 Å². The summed E-state index contributed by atoms with van der Waals surface area (Å²) in [6.07, 6.45) is 0. The van der Waals surface area contributed by atoms with Crippen molar-refractivity contribution >= 4 is 23.5 Å². The number of nitrogens with one attached hydrogen (secondary N) is 1. The molecule has 1 saturated heterocycles. The molecule has 0 saturated carbocycles. The Kier molecular flexibility index (Phi) is 11.7. The van der Waals surface area contributed by atoms with Gasteiger partial charge in [-0.05, 0) is 34.4 Å². The molecule has 2 amide bonds. The van der Waals surface area contributed by atoms with Gasteiger partial charge in [-0.3, -0.25) is 14.5 Å². The Morgan fingerprint density at radius 3 is 1.84 bits per heavy atom. The van der Waals surface area contributed by atoms with Gasteiger partial charge in [-0.15, -0.1) is 0 Å². The van der Waals surface area contributed by atoms with E-state index >= 15 is 0 Å². The average Bonchev–Trinajstić information content (AvgIpc) is 3.03. The maximum absolute atomic E-state index is 12.8. The van der Waals surface area contributed by atoms with Crippen LogP contribution in [0.3, 0.4) is 0 Å². The van der Waals surface area contributed by atoms with Gasteiger partial charge in [0.15, 0.2) is 0 Å². The molecule has 43 heavy (non-hydrogen) atoms. The second-order valence-corrected chi connectivity index (χ2v) is 10.1. The Balaban J connectivity index is 0.00000423. The second kappa shape index (κ2) is 15.6. The van der Waals surface area contributed by atoms with E-state index in [1.54, 1.807) is 11.0 Å². The van der Waals surface area contributed by atoms with E-state index in [2.05, 4.69) is 34.5 Å². The topological polar surface area (TPSA) is 102 Å². The molecule has 1 N–H and O–H groups in total. The van der Waals surface area contributed by atoms with Crippen molar-refractivity contribution in [1.82, 2.24) is 9.80 Å². The summed E-state index contributed by atoms with van der Waals surface area (Å²) in [6.45, 7) is 1.87. The van der Waals surface area contributed by atoms with Crippen molar-refractivity contribution in [2.75, 3.05) is 44.7 Å². The average molecular weight is 586 g/mol. The van der Waals surface area contributed by atoms with Crippen molar-refractivity contribution in [2.45, 2.75) is 6.04 Å². The number of piperazine rings is 1. The number of carboxylic acids is 1. The van der Waals surface area contributed by atoms with Crippen LogP contribution >= 0.6 is 0 Å². The summed E-state index contributed by atoms with van der Waals surface area (Å²) in [6, 6.07) is 34.8. The van der Waals surface area contributed by atoms with Crippen LogP contribution in [0.1, 0.15) is 27.5 Å². The first-order valence-corrected chi connectivity index (χ1v) is 13.9. The molecule has 214 valence electrons. The fourth-order valence-electron chi connectivity index (χ4n) is 5.26. The maximum Gasteiger partial charge on any atom is 1.00 e. The van der Waals surface area contributed by atoms with Crippen molar-refractivity contribution in [3.63, 3.8) is 0 Å². The number of nitrogens with zero attached hydrogens (tertiary/aromatic N) is 2. The number of carbonyl (C=O) groups is 3. The Morgan fingerprint density at radius 2 is 1.28 bits per heavy atom. The summed E-state index contributed by atoms with van der Waals surface area (Å²) in [7, 11) is 0. The van der Waals surface area contributed by atoms with Gasteiger partial charge < -0.3 is 24.9 Å². The normalized spacial score (nSPS) is 13.3. The summed E-state index contributed by atoms with van der Waals surface area (Å²) >= 11 is 0. The Labute approximate surface area is 273 Å². The second-order valence-electron chi connectivity index (χ2n) is 10.1. The van der Waals surface area contributed by atoms with Crippen LogP contribution in [-0.2, 0) is 14.3 Å². The van der Waals surface area contributed by atoms with Gasteiger partial charge in [-0.25, -0.2) is 0 Å². The van der Waals surface area contributed by atoms with Crippen molar-refractivity contribution < 1.29 is 53.8 Å². The number of hydrogen-bond acceptors (Lipinski definition) is 6. The molecule has 8 nitrogen and oxygen atoms in total. The first-order chi connectivity index (χ1) is 20.5. The quantitative estimate of drug-likeness (QED) is 0.274. The summed E-state index contributed by atoms with van der Waals surface area (Å²) in [5.74, 6) is -2.16. The predicted molar refractivity (Wildman–Crippen MR) is 159 cm³/mol. The fraction of sp³-hybridized carbons (Fsp3) is 0.206. The molecule has 4 aromatic rings. The fourth-order valence-corrected chi connectivity index (χ4v) is 5.26. The third kappa shape index (κ3) is 8.40. The minimum absolute atomic E-state index is 0. The molecule has 5 rings (SSSR count). The molecule has 0 atom stereocenters. The standard InChI is InChI=1S/C34H33N3O5.Na/c38-31(35-30-17-16-28(22-29(30)34(40)41)25-10-4-1-5-11-25)23-42-24-32(39)36-18-20-37(21-19-36)33(26-12-6-2-7-13-26)27-14-8-3-9-15-27;/h1-17,22,33H,18-21,23-24H2,(H,35,38)(H,40,41);/q;+1/p-1. The molecule has 0 spiro atoms. The van der Waals surface area contributed by atoms with E-state index in [-0.39, 0.29) is 66.0 Å². The number of benzene rings is 4. The van der Waals surface area contributed by atoms with Crippen LogP contribution in [-0.4, -0.2) is 67.0 Å². The van der Waals surface area contributed by atoms with Gasteiger partial charge in [0.1, 0.15) is 13.2 Å². The van der Waals surface area contributed by atoms with Crippen molar-refractivity contribution in [1.29, 1.82) is 0 Å².